The zero-order chi connectivity index (χ0) is 12.4. The van der Waals surface area contributed by atoms with Crippen LogP contribution in [0.1, 0.15) is 27.2 Å². The minimum absolute atomic E-state index is 0.0627. The number of amidine groups is 1. The standard InChI is InChI=1S/C12H21N3O2/c1-4-14(5-2)7-10-8-15-9(3)6-11(16)13-12(15)17-10/h9-10H,4-8H2,1-3H3. The van der Waals surface area contributed by atoms with Crippen LogP contribution in [0.25, 0.3) is 0 Å². The first-order valence-corrected chi connectivity index (χ1v) is 6.41. The first-order valence-electron chi connectivity index (χ1n) is 6.41. The molecule has 1 amide bonds. The Balaban J connectivity index is 1.99. The summed E-state index contributed by atoms with van der Waals surface area (Å²) in [5, 5.41) is 0. The first-order chi connectivity index (χ1) is 8.13. The number of amides is 1. The third-order valence-corrected chi connectivity index (χ3v) is 3.50. The highest BCUT2D eigenvalue weighted by Crippen LogP contribution is 2.21. The van der Waals surface area contributed by atoms with Crippen LogP contribution in [0.3, 0.4) is 0 Å². The molecule has 5 heteroatoms. The van der Waals surface area contributed by atoms with Gasteiger partial charge in [-0.05, 0) is 20.0 Å². The summed E-state index contributed by atoms with van der Waals surface area (Å²) in [6, 6.07) is 0.752. The Hall–Kier alpha value is -1.10. The fourth-order valence-electron chi connectivity index (χ4n) is 2.39. The Morgan fingerprint density at radius 1 is 1.47 bits per heavy atom. The molecule has 2 aliphatic rings. The number of hydrogen-bond acceptors (Lipinski definition) is 4. The molecule has 2 aliphatic heterocycles. The molecule has 17 heavy (non-hydrogen) atoms. The molecule has 5 nitrogen and oxygen atoms in total. The van der Waals surface area contributed by atoms with Gasteiger partial charge in [0.25, 0.3) is 11.9 Å². The van der Waals surface area contributed by atoms with Gasteiger partial charge in [-0.2, -0.15) is 4.99 Å². The van der Waals surface area contributed by atoms with Crippen molar-refractivity contribution in [3.8, 4) is 0 Å². The lowest BCUT2D eigenvalue weighted by Crippen LogP contribution is -2.41. The number of aliphatic imine (C=N–C) groups is 1. The molecule has 0 aromatic rings. The molecule has 1 fully saturated rings. The monoisotopic (exact) mass is 239 g/mol. The molecule has 0 spiro atoms. The number of ether oxygens (including phenoxy) is 1. The van der Waals surface area contributed by atoms with Gasteiger partial charge >= 0.3 is 0 Å². The fraction of sp³-hybridized carbons (Fsp3) is 0.833. The molecule has 0 aromatic carbocycles. The molecular formula is C12H21N3O2. The quantitative estimate of drug-likeness (QED) is 0.724. The normalized spacial score (nSPS) is 28.1. The maximum absolute atomic E-state index is 11.4. The van der Waals surface area contributed by atoms with Crippen molar-refractivity contribution in [3.63, 3.8) is 0 Å². The molecule has 0 N–H and O–H groups in total. The average molecular weight is 239 g/mol. The number of likely N-dealkylation sites (N-methyl/N-ethyl adjacent to an activating group) is 1. The smallest absolute Gasteiger partial charge is 0.296 e. The zero-order valence-corrected chi connectivity index (χ0v) is 10.8. The zero-order valence-electron chi connectivity index (χ0n) is 10.8. The Morgan fingerprint density at radius 2 is 2.18 bits per heavy atom. The largest absolute Gasteiger partial charge is 0.458 e. The van der Waals surface area contributed by atoms with Crippen molar-refractivity contribution in [2.45, 2.75) is 39.3 Å². The van der Waals surface area contributed by atoms with Crippen molar-refractivity contribution in [2.24, 2.45) is 4.99 Å². The molecule has 96 valence electrons. The topological polar surface area (TPSA) is 45.1 Å². The predicted molar refractivity (Wildman–Crippen MR) is 65.9 cm³/mol. The molecular weight excluding hydrogens is 218 g/mol. The van der Waals surface area contributed by atoms with Crippen LogP contribution in [0.4, 0.5) is 0 Å². The van der Waals surface area contributed by atoms with Gasteiger partial charge in [-0.25, -0.2) is 0 Å². The van der Waals surface area contributed by atoms with E-state index in [1.165, 1.54) is 0 Å². The molecule has 0 bridgehead atoms. The van der Waals surface area contributed by atoms with Crippen molar-refractivity contribution in [2.75, 3.05) is 26.2 Å². The molecule has 2 atom stereocenters. The number of nitrogens with zero attached hydrogens (tertiary/aromatic N) is 3. The van der Waals surface area contributed by atoms with Crippen molar-refractivity contribution < 1.29 is 9.53 Å². The van der Waals surface area contributed by atoms with Crippen LogP contribution in [0.15, 0.2) is 4.99 Å². The van der Waals surface area contributed by atoms with Crippen LogP contribution in [0, 0.1) is 0 Å². The van der Waals surface area contributed by atoms with Crippen LogP contribution in [0.2, 0.25) is 0 Å². The number of fused-ring (bicyclic) bond motifs is 1. The van der Waals surface area contributed by atoms with Crippen molar-refractivity contribution in [1.82, 2.24) is 9.80 Å². The van der Waals surface area contributed by atoms with Gasteiger partial charge in [0.1, 0.15) is 6.10 Å². The summed E-state index contributed by atoms with van der Waals surface area (Å²) in [7, 11) is 0. The van der Waals surface area contributed by atoms with E-state index in [0.29, 0.717) is 12.4 Å². The second kappa shape index (κ2) is 5.04. The molecule has 0 saturated carbocycles. The summed E-state index contributed by atoms with van der Waals surface area (Å²) in [6.45, 7) is 10.2. The second-order valence-corrected chi connectivity index (χ2v) is 4.72. The lowest BCUT2D eigenvalue weighted by atomic mass is 10.1. The van der Waals surface area contributed by atoms with Crippen LogP contribution in [0.5, 0.6) is 0 Å². The number of hydrogen-bond donors (Lipinski definition) is 0. The van der Waals surface area contributed by atoms with Crippen LogP contribution in [-0.2, 0) is 9.53 Å². The van der Waals surface area contributed by atoms with E-state index in [9.17, 15) is 4.79 Å². The fourth-order valence-corrected chi connectivity index (χ4v) is 2.39. The minimum Gasteiger partial charge on any atom is -0.458 e. The van der Waals surface area contributed by atoms with Crippen molar-refractivity contribution in [3.05, 3.63) is 0 Å². The number of carbonyl (C=O) groups excluding carboxylic acids is 1. The summed E-state index contributed by atoms with van der Waals surface area (Å²) in [5.41, 5.74) is 0. The SMILES string of the molecule is CCN(CC)CC1CN2C(=NC(=O)CC2C)O1. The van der Waals surface area contributed by atoms with E-state index in [2.05, 4.69) is 35.6 Å². The van der Waals surface area contributed by atoms with E-state index in [0.717, 1.165) is 26.2 Å². The Labute approximate surface area is 102 Å². The number of rotatable bonds is 4. The van der Waals surface area contributed by atoms with Gasteiger partial charge in [-0.3, -0.25) is 4.79 Å². The van der Waals surface area contributed by atoms with E-state index in [4.69, 9.17) is 4.74 Å². The maximum Gasteiger partial charge on any atom is 0.296 e. The van der Waals surface area contributed by atoms with Crippen molar-refractivity contribution in [1.29, 1.82) is 0 Å². The third kappa shape index (κ3) is 2.60. The molecule has 0 aromatic heterocycles. The van der Waals surface area contributed by atoms with Crippen LogP contribution < -0.4 is 0 Å². The average Bonchev–Trinajstić information content (AvgIpc) is 2.68. The lowest BCUT2D eigenvalue weighted by molar-refractivity contribution is -0.119. The molecule has 0 radical (unpaired) electrons. The van der Waals surface area contributed by atoms with Crippen molar-refractivity contribution >= 4 is 11.9 Å². The van der Waals surface area contributed by atoms with Crippen LogP contribution >= 0.6 is 0 Å². The molecule has 2 unspecified atom stereocenters. The molecule has 1 saturated heterocycles. The Bertz CT molecular complexity index is 326. The number of carbonyl (C=O) groups is 1. The summed E-state index contributed by atoms with van der Waals surface area (Å²) >= 11 is 0. The van der Waals surface area contributed by atoms with Gasteiger partial charge in [0.05, 0.1) is 6.54 Å². The molecule has 2 heterocycles. The highest BCUT2D eigenvalue weighted by atomic mass is 16.5. The van der Waals surface area contributed by atoms with E-state index < -0.39 is 0 Å². The minimum atomic E-state index is -0.0627. The summed E-state index contributed by atoms with van der Waals surface area (Å²) in [5.74, 6) is -0.0627. The van der Waals surface area contributed by atoms with Gasteiger partial charge in [0, 0.05) is 19.0 Å². The van der Waals surface area contributed by atoms with Crippen LogP contribution in [-0.4, -0.2) is 60.1 Å². The summed E-state index contributed by atoms with van der Waals surface area (Å²) < 4.78 is 5.75. The van der Waals surface area contributed by atoms with E-state index in [1.807, 2.05) is 0 Å². The maximum atomic E-state index is 11.4. The summed E-state index contributed by atoms with van der Waals surface area (Å²) in [4.78, 5) is 19.8. The molecule has 2 rings (SSSR count). The van der Waals surface area contributed by atoms with Gasteiger partial charge in [-0.1, -0.05) is 13.8 Å². The van der Waals surface area contributed by atoms with Gasteiger partial charge in [0.15, 0.2) is 0 Å². The predicted octanol–water partition coefficient (Wildman–Crippen LogP) is 0.704. The van der Waals surface area contributed by atoms with Gasteiger partial charge in [0.2, 0.25) is 0 Å². The van der Waals surface area contributed by atoms with Gasteiger partial charge in [-0.15, -0.1) is 0 Å². The Morgan fingerprint density at radius 3 is 2.82 bits per heavy atom. The van der Waals surface area contributed by atoms with E-state index in [1.54, 1.807) is 0 Å². The second-order valence-electron chi connectivity index (χ2n) is 4.72. The highest BCUT2D eigenvalue weighted by Gasteiger charge is 2.37. The molecule has 0 aliphatic carbocycles. The third-order valence-electron chi connectivity index (χ3n) is 3.50. The summed E-state index contributed by atoms with van der Waals surface area (Å²) in [6.07, 6.45) is 0.646. The lowest BCUT2D eigenvalue weighted by Gasteiger charge is -2.26. The van der Waals surface area contributed by atoms with E-state index >= 15 is 0 Å². The Kier molecular flexibility index (Phi) is 3.66. The highest BCUT2D eigenvalue weighted by molar-refractivity contribution is 5.94. The van der Waals surface area contributed by atoms with Gasteiger partial charge < -0.3 is 14.5 Å². The first kappa shape index (κ1) is 12.4. The van der Waals surface area contributed by atoms with E-state index in [-0.39, 0.29) is 18.1 Å².